The summed E-state index contributed by atoms with van der Waals surface area (Å²) >= 11 is 8.24. The van der Waals surface area contributed by atoms with Crippen LogP contribution in [0.1, 0.15) is 152 Å². The predicted octanol–water partition coefficient (Wildman–Crippen LogP) is 13.3. The average molecular weight is 947 g/mol. The first kappa shape index (κ1) is 49.9. The Bertz CT molecular complexity index is 1900. The van der Waals surface area contributed by atoms with E-state index in [9.17, 15) is 19.5 Å². The molecule has 0 bridgehead atoms. The maximum Gasteiger partial charge on any atom is 0.303 e. The van der Waals surface area contributed by atoms with Gasteiger partial charge in [-0.3, -0.25) is 14.4 Å². The molecule has 0 radical (unpaired) electrons. The van der Waals surface area contributed by atoms with Crippen molar-refractivity contribution < 1.29 is 33.0 Å². The van der Waals surface area contributed by atoms with Gasteiger partial charge >= 0.3 is 5.97 Å². The zero-order valence-electron chi connectivity index (χ0n) is 39.6. The molecule has 63 heavy (non-hydrogen) atoms. The normalized spacial score (nSPS) is 45.7. The van der Waals surface area contributed by atoms with Crippen LogP contribution in [0.5, 0.6) is 0 Å². The van der Waals surface area contributed by atoms with Gasteiger partial charge in [0.05, 0.1) is 14.3 Å². The molecule has 8 aliphatic rings. The Balaban J connectivity index is 0.000000190. The SMILES string of the molecule is CCCCSC1(SCC)CC[C@H]2[C@@H]3CCC4=CC(=O)C=C[C@]4(C)[C@@]3(F)C(OC(C)=O)C[C@@]21C.CCCCSC1(SCC)CC[C@H]2[C@@H]3CCC4=CC(=O)C=C[C@]4(C)[C@@]3(F)[C@@H](O)C[C@@]21C. The van der Waals surface area contributed by atoms with Crippen LogP contribution in [0.15, 0.2) is 47.6 Å². The van der Waals surface area contributed by atoms with Gasteiger partial charge in [0.25, 0.3) is 0 Å². The molecule has 0 aromatic carbocycles. The lowest BCUT2D eigenvalue weighted by Gasteiger charge is -2.63. The third-order valence-electron chi connectivity index (χ3n) is 18.1. The maximum atomic E-state index is 17.7. The smallest absolute Gasteiger partial charge is 0.303 e. The molecule has 6 fully saturated rings. The van der Waals surface area contributed by atoms with Crippen molar-refractivity contribution in [2.75, 3.05) is 23.0 Å². The molecule has 0 aliphatic heterocycles. The number of aliphatic hydroxyl groups is 1. The number of halogens is 2. The van der Waals surface area contributed by atoms with Crippen molar-refractivity contribution in [3.05, 3.63) is 47.6 Å². The second-order valence-electron chi connectivity index (χ2n) is 21.0. The number of allylic oxidation sites excluding steroid dienone is 8. The number of thioether (sulfide) groups is 4. The van der Waals surface area contributed by atoms with Crippen molar-refractivity contribution >= 4 is 64.6 Å². The molecular formula is C52H76F2O5S4. The van der Waals surface area contributed by atoms with Crippen molar-refractivity contribution in [3.63, 3.8) is 0 Å². The second kappa shape index (κ2) is 18.5. The molecule has 0 aromatic rings. The lowest BCUT2D eigenvalue weighted by atomic mass is 9.46. The summed E-state index contributed by atoms with van der Waals surface area (Å²) < 4.78 is 40.9. The van der Waals surface area contributed by atoms with Gasteiger partial charge in [0.15, 0.2) is 22.9 Å². The van der Waals surface area contributed by atoms with E-state index in [-0.39, 0.29) is 54.2 Å². The second-order valence-corrected chi connectivity index (χ2v) is 27.4. The Morgan fingerprint density at radius 3 is 1.57 bits per heavy atom. The number of ketones is 2. The zero-order chi connectivity index (χ0) is 45.9. The minimum atomic E-state index is -1.70. The van der Waals surface area contributed by atoms with Crippen molar-refractivity contribution in [1.29, 1.82) is 0 Å². The van der Waals surface area contributed by atoms with Crippen LogP contribution in [-0.2, 0) is 19.1 Å². The van der Waals surface area contributed by atoms with Crippen LogP contribution in [0.3, 0.4) is 0 Å². The highest BCUT2D eigenvalue weighted by molar-refractivity contribution is 8.18. The molecule has 5 nitrogen and oxygen atoms in total. The molecule has 0 saturated heterocycles. The number of fused-ring (bicyclic) bond motifs is 10. The number of rotatable bonds is 13. The van der Waals surface area contributed by atoms with E-state index >= 15 is 8.78 Å². The Hall–Kier alpha value is -1.01. The van der Waals surface area contributed by atoms with Crippen LogP contribution in [-0.4, -0.2) is 77.4 Å². The summed E-state index contributed by atoms with van der Waals surface area (Å²) in [5, 5.41) is 11.5. The highest BCUT2D eigenvalue weighted by Crippen LogP contribution is 2.76. The summed E-state index contributed by atoms with van der Waals surface area (Å²) in [6.45, 7) is 18.8. The number of aliphatic hydroxyl groups excluding tert-OH is 1. The van der Waals surface area contributed by atoms with E-state index < -0.39 is 40.3 Å². The van der Waals surface area contributed by atoms with Crippen molar-refractivity contribution in [2.24, 2.45) is 45.3 Å². The fourth-order valence-electron chi connectivity index (χ4n) is 14.9. The number of alkyl halides is 2. The number of esters is 1. The standard InChI is InChI=1S/C27H39FO3S2.C25H37FO2S2/c1-6-8-15-33-26(32-7-2)14-12-21-22-10-9-19-16-20(30)11-13-24(19,4)27(22,28)23(31-18(3)29)17-25(21,26)5;1-5-7-14-30-24(29-6-2)13-11-19-20-9-8-17-15-18(27)10-12-22(17,3)25(20,26)21(28)16-23(19,24)4/h11,13,16,21-23H,6-10,12,14-15,17H2,1-5H3;10,12,15,19-21,28H,5-9,11,13-14,16H2,1-4H3/t21-,22-,23?,24-,25-,26?,27-;19-,20-,21-,22-,23-,24?,25-/m00/s1. The Kier molecular flexibility index (Phi) is 14.6. The molecule has 352 valence electrons. The predicted molar refractivity (Wildman–Crippen MR) is 263 cm³/mol. The maximum absolute atomic E-state index is 17.7. The monoisotopic (exact) mass is 946 g/mol. The van der Waals surface area contributed by atoms with E-state index in [1.54, 1.807) is 24.3 Å². The fraction of sp³-hybridized carbons (Fsp3) is 0.788. The highest BCUT2D eigenvalue weighted by Gasteiger charge is 2.75. The van der Waals surface area contributed by atoms with Crippen LogP contribution < -0.4 is 0 Å². The van der Waals surface area contributed by atoms with E-state index in [0.717, 1.165) is 79.1 Å². The molecule has 11 heteroatoms. The van der Waals surface area contributed by atoms with Crippen molar-refractivity contribution in [2.45, 2.75) is 184 Å². The van der Waals surface area contributed by atoms with Gasteiger partial charge < -0.3 is 9.84 Å². The van der Waals surface area contributed by atoms with E-state index in [4.69, 9.17) is 4.74 Å². The van der Waals surface area contributed by atoms with Crippen LogP contribution in [0.2, 0.25) is 0 Å². The summed E-state index contributed by atoms with van der Waals surface area (Å²) in [5.74, 6) is 3.98. The molecule has 8 rings (SSSR count). The van der Waals surface area contributed by atoms with E-state index in [1.165, 1.54) is 44.8 Å². The summed E-state index contributed by atoms with van der Waals surface area (Å²) in [4.78, 5) is 36.3. The molecule has 1 N–H and O–H groups in total. The van der Waals surface area contributed by atoms with Crippen LogP contribution in [0.4, 0.5) is 8.78 Å². The van der Waals surface area contributed by atoms with Crippen LogP contribution >= 0.6 is 47.0 Å². The number of hydrogen-bond acceptors (Lipinski definition) is 9. The van der Waals surface area contributed by atoms with Gasteiger partial charge in [0.2, 0.25) is 0 Å². The Morgan fingerprint density at radius 2 is 1.13 bits per heavy atom. The van der Waals surface area contributed by atoms with Gasteiger partial charge in [-0.1, -0.05) is 77.7 Å². The Morgan fingerprint density at radius 1 is 0.683 bits per heavy atom. The quantitative estimate of drug-likeness (QED) is 0.110. The number of hydrogen-bond donors (Lipinski definition) is 1. The number of carbonyl (C=O) groups is 3. The van der Waals surface area contributed by atoms with E-state index in [1.807, 2.05) is 37.4 Å². The third kappa shape index (κ3) is 7.61. The van der Waals surface area contributed by atoms with Gasteiger partial charge in [0, 0.05) is 29.6 Å². The van der Waals surface area contributed by atoms with Gasteiger partial charge in [-0.05, 0) is 161 Å². The Labute approximate surface area is 395 Å². The molecule has 14 atom stereocenters. The van der Waals surface area contributed by atoms with E-state index in [2.05, 4.69) is 65.1 Å². The summed E-state index contributed by atoms with van der Waals surface area (Å²) in [7, 11) is 0. The summed E-state index contributed by atoms with van der Waals surface area (Å²) in [6.07, 6.45) is 21.0. The summed E-state index contributed by atoms with van der Waals surface area (Å²) in [6, 6.07) is 0. The first-order valence-corrected chi connectivity index (χ1v) is 28.4. The van der Waals surface area contributed by atoms with E-state index in [0.29, 0.717) is 19.3 Å². The van der Waals surface area contributed by atoms with Crippen LogP contribution in [0, 0.1) is 45.3 Å². The van der Waals surface area contributed by atoms with Gasteiger partial charge in [-0.15, -0.1) is 47.0 Å². The lowest BCUT2D eigenvalue weighted by molar-refractivity contribution is -0.209. The minimum absolute atomic E-state index is 0.0245. The van der Waals surface area contributed by atoms with Gasteiger partial charge in [-0.25, -0.2) is 8.78 Å². The number of unbranched alkanes of at least 4 members (excludes halogenated alkanes) is 2. The fourth-order valence-corrected chi connectivity index (χ4v) is 22.5. The average Bonchev–Trinajstić information content (AvgIpc) is 3.66. The first-order valence-electron chi connectivity index (χ1n) is 24.4. The minimum Gasteiger partial charge on any atom is -0.459 e. The third-order valence-corrected chi connectivity index (χ3v) is 25.6. The summed E-state index contributed by atoms with van der Waals surface area (Å²) in [5.41, 5.74) is -3.63. The van der Waals surface area contributed by atoms with Crippen LogP contribution in [0.25, 0.3) is 0 Å². The molecule has 0 spiro atoms. The topological polar surface area (TPSA) is 80.7 Å². The molecular weight excluding hydrogens is 871 g/mol. The van der Waals surface area contributed by atoms with Crippen molar-refractivity contribution in [3.8, 4) is 0 Å². The molecule has 3 unspecified atom stereocenters. The lowest BCUT2D eigenvalue weighted by Crippen LogP contribution is -2.68. The number of carbonyl (C=O) groups excluding carboxylic acids is 3. The van der Waals surface area contributed by atoms with Crippen molar-refractivity contribution in [1.82, 2.24) is 0 Å². The molecule has 0 heterocycles. The molecule has 6 saturated carbocycles. The van der Waals surface area contributed by atoms with Gasteiger partial charge in [-0.2, -0.15) is 0 Å². The molecule has 0 aromatic heterocycles. The largest absolute Gasteiger partial charge is 0.459 e. The molecule has 0 amide bonds. The zero-order valence-corrected chi connectivity index (χ0v) is 42.9. The van der Waals surface area contributed by atoms with Gasteiger partial charge in [0.1, 0.15) is 6.10 Å². The molecule has 8 aliphatic carbocycles. The highest BCUT2D eigenvalue weighted by atomic mass is 32.2. The number of ether oxygens (including phenoxy) is 1. The first-order chi connectivity index (χ1) is 29.8.